The number of benzene rings is 1. The average molecular weight is 280 g/mol. The molecule has 82 valence electrons. The molecule has 1 aromatic rings. The maximum atomic E-state index is 11.1. The zero-order valence-corrected chi connectivity index (χ0v) is 10.1. The van der Waals surface area contributed by atoms with Crippen LogP contribution in [-0.4, -0.2) is 11.1 Å². The lowest BCUT2D eigenvalue weighted by Gasteiger charge is -2.36. The van der Waals surface area contributed by atoms with E-state index in [4.69, 9.17) is 5.11 Å². The van der Waals surface area contributed by atoms with Gasteiger partial charge in [-0.15, -0.1) is 0 Å². The number of carboxylic acids is 1. The fourth-order valence-corrected chi connectivity index (χ4v) is 2.43. The molecule has 1 saturated carbocycles. The Balaban J connectivity index is 2.58. The van der Waals surface area contributed by atoms with Crippen LogP contribution >= 0.6 is 15.9 Å². The first-order valence-electron chi connectivity index (χ1n) is 5.04. The van der Waals surface area contributed by atoms with Crippen LogP contribution in [0.15, 0.2) is 22.7 Å². The Labute approximate surface area is 102 Å². The first-order valence-corrected chi connectivity index (χ1v) is 5.83. The minimum Gasteiger partial charge on any atom is -0.478 e. The van der Waals surface area contributed by atoms with E-state index in [0.29, 0.717) is 5.56 Å². The summed E-state index contributed by atoms with van der Waals surface area (Å²) in [5.74, 6) is -0.968. The molecule has 0 spiro atoms. The summed E-state index contributed by atoms with van der Waals surface area (Å²) >= 11 is 3.32. The molecule has 0 aromatic heterocycles. The Morgan fingerprint density at radius 1 is 1.50 bits per heavy atom. The highest BCUT2D eigenvalue weighted by atomic mass is 79.9. The Hall–Kier alpha value is -1.34. The van der Waals surface area contributed by atoms with Crippen molar-refractivity contribution in [3.05, 3.63) is 33.8 Å². The van der Waals surface area contributed by atoms with E-state index < -0.39 is 11.4 Å². The van der Waals surface area contributed by atoms with E-state index in [9.17, 15) is 10.1 Å². The lowest BCUT2D eigenvalue weighted by molar-refractivity contribution is 0.0693. The second kappa shape index (κ2) is 3.91. The first kappa shape index (κ1) is 11.2. The van der Waals surface area contributed by atoms with Gasteiger partial charge in [0.1, 0.15) is 0 Å². The number of aromatic carboxylic acids is 1. The van der Waals surface area contributed by atoms with E-state index in [1.165, 1.54) is 0 Å². The second-order valence-electron chi connectivity index (χ2n) is 4.04. The molecule has 0 atom stereocenters. The summed E-state index contributed by atoms with van der Waals surface area (Å²) in [7, 11) is 0. The predicted molar refractivity (Wildman–Crippen MR) is 62.2 cm³/mol. The predicted octanol–water partition coefficient (Wildman–Crippen LogP) is 3.09. The molecule has 1 fully saturated rings. The summed E-state index contributed by atoms with van der Waals surface area (Å²) < 4.78 is 0.814. The Morgan fingerprint density at radius 2 is 2.19 bits per heavy atom. The molecule has 1 aliphatic carbocycles. The molecule has 1 N–H and O–H groups in total. The summed E-state index contributed by atoms with van der Waals surface area (Å²) in [6.07, 6.45) is 2.49. The molecule has 0 saturated heterocycles. The van der Waals surface area contributed by atoms with Crippen LogP contribution in [0.4, 0.5) is 0 Å². The van der Waals surface area contributed by atoms with Gasteiger partial charge in [0, 0.05) is 4.47 Å². The van der Waals surface area contributed by atoms with Gasteiger partial charge in [-0.1, -0.05) is 15.9 Å². The highest BCUT2D eigenvalue weighted by Gasteiger charge is 2.41. The Morgan fingerprint density at radius 3 is 2.62 bits per heavy atom. The lowest BCUT2D eigenvalue weighted by Crippen LogP contribution is -2.34. The van der Waals surface area contributed by atoms with Crippen molar-refractivity contribution in [2.45, 2.75) is 24.7 Å². The number of halogens is 1. The Bertz CT molecular complexity index is 486. The van der Waals surface area contributed by atoms with Gasteiger partial charge in [-0.05, 0) is 43.0 Å². The molecule has 0 amide bonds. The quantitative estimate of drug-likeness (QED) is 0.905. The molecule has 0 heterocycles. The number of rotatable bonds is 2. The lowest BCUT2D eigenvalue weighted by atomic mass is 9.64. The molecular formula is C12H10BrNO2. The van der Waals surface area contributed by atoms with Crippen molar-refractivity contribution in [2.24, 2.45) is 0 Å². The maximum Gasteiger partial charge on any atom is 0.336 e. The van der Waals surface area contributed by atoms with Gasteiger partial charge in [0.2, 0.25) is 0 Å². The zero-order valence-electron chi connectivity index (χ0n) is 8.53. The molecule has 0 bridgehead atoms. The van der Waals surface area contributed by atoms with Crippen molar-refractivity contribution in [1.82, 2.24) is 0 Å². The maximum absolute atomic E-state index is 11.1. The third-order valence-electron chi connectivity index (χ3n) is 3.15. The number of carboxylic acid groups (broad SMARTS) is 1. The fourth-order valence-electron chi connectivity index (χ4n) is 2.07. The van der Waals surface area contributed by atoms with Crippen molar-refractivity contribution in [2.75, 3.05) is 0 Å². The number of nitrogens with zero attached hydrogens (tertiary/aromatic N) is 1. The van der Waals surface area contributed by atoms with Gasteiger partial charge in [0.25, 0.3) is 0 Å². The summed E-state index contributed by atoms with van der Waals surface area (Å²) in [6.45, 7) is 0. The van der Waals surface area contributed by atoms with Crippen LogP contribution in [0.1, 0.15) is 35.2 Å². The molecule has 0 aliphatic heterocycles. The zero-order chi connectivity index (χ0) is 11.8. The van der Waals surface area contributed by atoms with Gasteiger partial charge < -0.3 is 5.11 Å². The van der Waals surface area contributed by atoms with Crippen molar-refractivity contribution < 1.29 is 9.90 Å². The molecule has 0 unspecified atom stereocenters. The van der Waals surface area contributed by atoms with Crippen LogP contribution in [-0.2, 0) is 5.41 Å². The molecule has 1 aromatic carbocycles. The average Bonchev–Trinajstić information content (AvgIpc) is 2.16. The van der Waals surface area contributed by atoms with E-state index >= 15 is 0 Å². The van der Waals surface area contributed by atoms with Crippen LogP contribution in [0.2, 0.25) is 0 Å². The van der Waals surface area contributed by atoms with Crippen LogP contribution in [0.3, 0.4) is 0 Å². The highest BCUT2D eigenvalue weighted by Crippen LogP contribution is 2.45. The van der Waals surface area contributed by atoms with Gasteiger partial charge >= 0.3 is 5.97 Å². The molecule has 2 rings (SSSR count). The third kappa shape index (κ3) is 1.61. The van der Waals surface area contributed by atoms with Crippen molar-refractivity contribution in [3.63, 3.8) is 0 Å². The molecule has 4 heteroatoms. The van der Waals surface area contributed by atoms with Gasteiger partial charge in [-0.3, -0.25) is 0 Å². The van der Waals surface area contributed by atoms with Crippen molar-refractivity contribution in [1.29, 1.82) is 5.26 Å². The second-order valence-corrected chi connectivity index (χ2v) is 4.96. The van der Waals surface area contributed by atoms with E-state index in [2.05, 4.69) is 22.0 Å². The summed E-state index contributed by atoms with van der Waals surface area (Å²) in [5.41, 5.74) is 0.296. The third-order valence-corrected chi connectivity index (χ3v) is 3.64. The first-order chi connectivity index (χ1) is 7.59. The molecule has 0 radical (unpaired) electrons. The summed E-state index contributed by atoms with van der Waals surface area (Å²) in [6, 6.07) is 7.27. The minimum atomic E-state index is -0.968. The number of nitriles is 1. The number of carbonyl (C=O) groups is 1. The Kier molecular flexibility index (Phi) is 2.73. The van der Waals surface area contributed by atoms with Crippen LogP contribution < -0.4 is 0 Å². The van der Waals surface area contributed by atoms with Gasteiger partial charge in [-0.2, -0.15) is 5.26 Å². The summed E-state index contributed by atoms with van der Waals surface area (Å²) in [5, 5.41) is 18.3. The number of hydrogen-bond donors (Lipinski definition) is 1. The van der Waals surface area contributed by atoms with Gasteiger partial charge in [0.05, 0.1) is 17.0 Å². The largest absolute Gasteiger partial charge is 0.478 e. The van der Waals surface area contributed by atoms with Gasteiger partial charge in [0.15, 0.2) is 0 Å². The fraction of sp³-hybridized carbons (Fsp3) is 0.333. The van der Waals surface area contributed by atoms with Crippen LogP contribution in [0.5, 0.6) is 0 Å². The minimum absolute atomic E-state index is 0.240. The van der Waals surface area contributed by atoms with E-state index in [-0.39, 0.29) is 5.56 Å². The van der Waals surface area contributed by atoms with E-state index in [1.807, 2.05) is 0 Å². The molecule has 1 aliphatic rings. The van der Waals surface area contributed by atoms with Crippen LogP contribution in [0, 0.1) is 11.3 Å². The van der Waals surface area contributed by atoms with Crippen LogP contribution in [0.25, 0.3) is 0 Å². The van der Waals surface area contributed by atoms with E-state index in [1.54, 1.807) is 18.2 Å². The SMILES string of the molecule is N#CC1(c2cc(Br)ccc2C(=O)O)CCC1. The summed E-state index contributed by atoms with van der Waals surface area (Å²) in [4.78, 5) is 11.1. The topological polar surface area (TPSA) is 61.1 Å². The molecule has 16 heavy (non-hydrogen) atoms. The monoisotopic (exact) mass is 279 g/mol. The standard InChI is InChI=1S/C12H10BrNO2/c13-8-2-3-9(11(15)16)10(6-8)12(7-14)4-1-5-12/h2-3,6H,1,4-5H2,(H,15,16). The van der Waals surface area contributed by atoms with Crippen molar-refractivity contribution >= 4 is 21.9 Å². The number of hydrogen-bond acceptors (Lipinski definition) is 2. The normalized spacial score (nSPS) is 17.2. The highest BCUT2D eigenvalue weighted by molar-refractivity contribution is 9.10. The molecule has 3 nitrogen and oxygen atoms in total. The van der Waals surface area contributed by atoms with Crippen molar-refractivity contribution in [3.8, 4) is 6.07 Å². The van der Waals surface area contributed by atoms with E-state index in [0.717, 1.165) is 23.7 Å². The molecular weight excluding hydrogens is 270 g/mol. The smallest absolute Gasteiger partial charge is 0.336 e. The van der Waals surface area contributed by atoms with Gasteiger partial charge in [-0.25, -0.2) is 4.79 Å².